The lowest BCUT2D eigenvalue weighted by molar-refractivity contribution is 0.101. The highest BCUT2D eigenvalue weighted by Crippen LogP contribution is 2.27. The first-order valence-electron chi connectivity index (χ1n) is 22.2. The van der Waals surface area contributed by atoms with E-state index in [0.29, 0.717) is 68.1 Å². The summed E-state index contributed by atoms with van der Waals surface area (Å²) in [6.45, 7) is 4.73. The molecule has 358 valence electrons. The van der Waals surface area contributed by atoms with Crippen LogP contribution in [0.3, 0.4) is 0 Å². The van der Waals surface area contributed by atoms with Gasteiger partial charge in [-0.05, 0) is 86.6 Å². The number of nitrogens with one attached hydrogen (secondary N) is 3. The van der Waals surface area contributed by atoms with Crippen molar-refractivity contribution in [1.29, 1.82) is 0 Å². The van der Waals surface area contributed by atoms with E-state index in [1.807, 2.05) is 50.2 Å². The summed E-state index contributed by atoms with van der Waals surface area (Å²) in [5, 5.41) is 8.37. The molecule has 0 aliphatic carbocycles. The number of ether oxygens (including phenoxy) is 2. The lowest BCUT2D eigenvalue weighted by Gasteiger charge is -2.23. The summed E-state index contributed by atoms with van der Waals surface area (Å²) in [5.74, 6) is 6.41. The SMILES string of the molecule is C#Cc1cccc(C(=O)Nc2cccc(Oc3cncnc3)n2)c1.C#Cc1cccc(C(=O)Nc2cncc(N(CC)c3cccnc3)c2)c1.Cc1cccc(C(=O)Nc2cncc(Oc3cncnc3)c2)c1. The fourth-order valence-electron chi connectivity index (χ4n) is 6.57. The highest BCUT2D eigenvalue weighted by Gasteiger charge is 2.13. The van der Waals surface area contributed by atoms with E-state index in [4.69, 9.17) is 22.3 Å². The minimum Gasteiger partial charge on any atom is -0.452 e. The first kappa shape index (κ1) is 50.2. The summed E-state index contributed by atoms with van der Waals surface area (Å²) in [6, 6.07) is 33.6. The molecule has 3 aromatic carbocycles. The highest BCUT2D eigenvalue weighted by molar-refractivity contribution is 6.05. The molecule has 6 heterocycles. The van der Waals surface area contributed by atoms with E-state index in [-0.39, 0.29) is 17.7 Å². The van der Waals surface area contributed by atoms with Crippen LogP contribution in [0.25, 0.3) is 0 Å². The van der Waals surface area contributed by atoms with Crippen LogP contribution in [0.15, 0.2) is 190 Å². The summed E-state index contributed by atoms with van der Waals surface area (Å²) in [5.41, 5.74) is 6.87. The van der Waals surface area contributed by atoms with Crippen molar-refractivity contribution in [2.75, 3.05) is 27.4 Å². The Hall–Kier alpha value is -10.7. The molecule has 0 saturated carbocycles. The molecule has 0 aliphatic rings. The number of nitrogens with zero attached hydrogens (tertiary/aromatic N) is 9. The van der Waals surface area contributed by atoms with Gasteiger partial charge in [0, 0.05) is 52.7 Å². The second-order valence-electron chi connectivity index (χ2n) is 15.2. The number of terminal acetylenes is 2. The molecule has 17 nitrogen and oxygen atoms in total. The molecule has 0 spiro atoms. The minimum absolute atomic E-state index is 0.198. The van der Waals surface area contributed by atoms with E-state index in [2.05, 4.69) is 72.6 Å². The van der Waals surface area contributed by atoms with Gasteiger partial charge in [-0.15, -0.1) is 12.8 Å². The largest absolute Gasteiger partial charge is 0.452 e. The van der Waals surface area contributed by atoms with E-state index < -0.39 is 0 Å². The molecule has 9 rings (SSSR count). The van der Waals surface area contributed by atoms with Crippen LogP contribution in [0.4, 0.5) is 28.6 Å². The molecular weight excluding hydrogens is 921 g/mol. The Morgan fingerprint density at radius 2 is 1.05 bits per heavy atom. The number of hydrogen-bond donors (Lipinski definition) is 3. The van der Waals surface area contributed by atoms with Gasteiger partial charge in [0.15, 0.2) is 11.5 Å². The quantitative estimate of drug-likeness (QED) is 0.0918. The Kier molecular flexibility index (Phi) is 17.6. The Labute approximate surface area is 420 Å². The number of rotatable bonds is 13. The standard InChI is InChI=1S/C21H18N4O.C18H12N4O2.C17H14N4O2/c1-3-16-7-5-8-17(11-16)21(26)24-18-12-20(15-23-13-18)25(4-2)19-9-6-10-22-14-19;1-2-13-5-3-6-14(9-13)18(23)22-16-7-4-8-17(21-16)24-15-10-19-12-20-11-15;1-12-3-2-4-13(5-12)17(22)21-14-6-15(8-18-7-14)23-16-9-19-11-20-10-16/h1,5-15H,4H2,2H3,(H,24,26);1,3-12H,(H,21,22,23);2-11H,1H3,(H,21,22). The van der Waals surface area contributed by atoms with Gasteiger partial charge in [0.25, 0.3) is 17.7 Å². The van der Waals surface area contributed by atoms with Crippen LogP contribution in [0.2, 0.25) is 0 Å². The lowest BCUT2D eigenvalue weighted by atomic mass is 10.1. The second kappa shape index (κ2) is 25.6. The summed E-state index contributed by atoms with van der Waals surface area (Å²) in [6.07, 6.45) is 29.7. The molecule has 6 aromatic heterocycles. The van der Waals surface area contributed by atoms with Crippen LogP contribution < -0.4 is 30.3 Å². The maximum absolute atomic E-state index is 12.5. The predicted molar refractivity (Wildman–Crippen MR) is 278 cm³/mol. The van der Waals surface area contributed by atoms with Crippen molar-refractivity contribution < 1.29 is 23.9 Å². The van der Waals surface area contributed by atoms with Crippen LogP contribution in [0, 0.1) is 31.6 Å². The van der Waals surface area contributed by atoms with Crippen LogP contribution in [-0.2, 0) is 0 Å². The van der Waals surface area contributed by atoms with Gasteiger partial charge < -0.3 is 30.3 Å². The summed E-state index contributed by atoms with van der Waals surface area (Å²) in [4.78, 5) is 71.2. The predicted octanol–water partition coefficient (Wildman–Crippen LogP) is 9.99. The van der Waals surface area contributed by atoms with E-state index in [9.17, 15) is 14.4 Å². The van der Waals surface area contributed by atoms with Gasteiger partial charge in [-0.3, -0.25) is 29.3 Å². The average Bonchev–Trinajstić information content (AvgIpc) is 3.42. The normalized spacial score (nSPS) is 9.97. The topological polar surface area (TPSA) is 212 Å². The molecule has 3 N–H and O–H groups in total. The van der Waals surface area contributed by atoms with Crippen molar-refractivity contribution >= 4 is 46.3 Å². The molecule has 0 unspecified atom stereocenters. The summed E-state index contributed by atoms with van der Waals surface area (Å²) < 4.78 is 11.1. The van der Waals surface area contributed by atoms with E-state index in [1.165, 1.54) is 25.0 Å². The number of carbonyl (C=O) groups is 3. The maximum atomic E-state index is 12.5. The van der Waals surface area contributed by atoms with Crippen molar-refractivity contribution in [1.82, 2.24) is 39.9 Å². The molecule has 0 fully saturated rings. The van der Waals surface area contributed by atoms with Gasteiger partial charge in [0.1, 0.15) is 24.2 Å². The number of benzene rings is 3. The van der Waals surface area contributed by atoms with Crippen molar-refractivity contribution in [3.63, 3.8) is 0 Å². The molecule has 17 heteroatoms. The van der Waals surface area contributed by atoms with Crippen molar-refractivity contribution in [2.24, 2.45) is 0 Å². The lowest BCUT2D eigenvalue weighted by Crippen LogP contribution is -2.17. The Balaban J connectivity index is 0.000000161. The molecule has 0 saturated heterocycles. The van der Waals surface area contributed by atoms with Gasteiger partial charge >= 0.3 is 0 Å². The number of hydrogen-bond acceptors (Lipinski definition) is 14. The number of amides is 3. The van der Waals surface area contributed by atoms with E-state index in [0.717, 1.165) is 23.5 Å². The molecule has 3 amide bonds. The van der Waals surface area contributed by atoms with E-state index >= 15 is 0 Å². The summed E-state index contributed by atoms with van der Waals surface area (Å²) >= 11 is 0. The Morgan fingerprint density at radius 1 is 0.521 bits per heavy atom. The number of carbonyl (C=O) groups excluding carboxylic acids is 3. The number of anilines is 5. The number of pyridine rings is 4. The van der Waals surface area contributed by atoms with Crippen molar-refractivity contribution in [3.05, 3.63) is 223 Å². The first-order chi connectivity index (χ1) is 35.7. The van der Waals surface area contributed by atoms with Crippen LogP contribution in [-0.4, -0.2) is 64.1 Å². The van der Waals surface area contributed by atoms with Crippen molar-refractivity contribution in [3.8, 4) is 47.8 Å². The zero-order valence-electron chi connectivity index (χ0n) is 39.3. The average molecular weight is 965 g/mol. The molecule has 0 atom stereocenters. The molecule has 0 aliphatic heterocycles. The minimum atomic E-state index is -0.306. The molecule has 0 radical (unpaired) electrons. The van der Waals surface area contributed by atoms with Gasteiger partial charge in [0.2, 0.25) is 5.88 Å². The fraction of sp³-hybridized carbons (Fsp3) is 0.0536. The maximum Gasteiger partial charge on any atom is 0.256 e. The third-order valence-electron chi connectivity index (χ3n) is 9.90. The molecule has 0 bridgehead atoms. The molecule has 73 heavy (non-hydrogen) atoms. The van der Waals surface area contributed by atoms with Gasteiger partial charge in [0.05, 0.1) is 78.5 Å². The second-order valence-corrected chi connectivity index (χ2v) is 15.2. The number of aryl methyl sites for hydroxylation is 1. The Morgan fingerprint density at radius 3 is 1.64 bits per heavy atom. The summed E-state index contributed by atoms with van der Waals surface area (Å²) in [7, 11) is 0. The third kappa shape index (κ3) is 15.2. The van der Waals surface area contributed by atoms with Gasteiger partial charge in [-0.25, -0.2) is 19.9 Å². The third-order valence-corrected chi connectivity index (χ3v) is 9.90. The van der Waals surface area contributed by atoms with Crippen LogP contribution in [0.5, 0.6) is 23.1 Å². The zero-order valence-corrected chi connectivity index (χ0v) is 39.3. The van der Waals surface area contributed by atoms with E-state index in [1.54, 1.807) is 128 Å². The van der Waals surface area contributed by atoms with Crippen LogP contribution in [0.1, 0.15) is 54.7 Å². The zero-order chi connectivity index (χ0) is 51.2. The molecule has 9 aromatic rings. The van der Waals surface area contributed by atoms with Gasteiger partial charge in [-0.1, -0.05) is 47.7 Å². The smallest absolute Gasteiger partial charge is 0.256 e. The first-order valence-corrected chi connectivity index (χ1v) is 22.2. The van der Waals surface area contributed by atoms with Crippen molar-refractivity contribution in [2.45, 2.75) is 13.8 Å². The monoisotopic (exact) mass is 964 g/mol. The molecular formula is C56H44N12O5. The fourth-order valence-corrected chi connectivity index (χ4v) is 6.57. The number of aromatic nitrogens is 8. The highest BCUT2D eigenvalue weighted by atomic mass is 16.5. The van der Waals surface area contributed by atoms with Gasteiger partial charge in [-0.2, -0.15) is 4.98 Å². The Bertz CT molecular complexity index is 3390. The van der Waals surface area contributed by atoms with Crippen LogP contribution >= 0.6 is 0 Å².